The Morgan fingerprint density at radius 2 is 1.85 bits per heavy atom. The van der Waals surface area contributed by atoms with Crippen LogP contribution in [-0.4, -0.2) is 28.4 Å². The molecule has 0 bridgehead atoms. The molecule has 0 spiro atoms. The SMILES string of the molecule is COCOc1ccc(S(=O)(=O)NOC2CCCC2)cc1. The Kier molecular flexibility index (Phi) is 5.36. The summed E-state index contributed by atoms with van der Waals surface area (Å²) in [6.45, 7) is 0.120. The molecule has 2 rings (SSSR count). The molecule has 0 aromatic heterocycles. The summed E-state index contributed by atoms with van der Waals surface area (Å²) in [7, 11) is -2.13. The van der Waals surface area contributed by atoms with Crippen molar-refractivity contribution in [1.29, 1.82) is 0 Å². The van der Waals surface area contributed by atoms with E-state index in [0.717, 1.165) is 25.7 Å². The lowest BCUT2D eigenvalue weighted by Crippen LogP contribution is -2.28. The summed E-state index contributed by atoms with van der Waals surface area (Å²) in [5.74, 6) is 0.544. The third kappa shape index (κ3) is 4.17. The Hall–Kier alpha value is -1.15. The van der Waals surface area contributed by atoms with Gasteiger partial charge in [-0.05, 0) is 37.1 Å². The van der Waals surface area contributed by atoms with Gasteiger partial charge in [-0.3, -0.25) is 4.84 Å². The highest BCUT2D eigenvalue weighted by Crippen LogP contribution is 2.21. The van der Waals surface area contributed by atoms with E-state index < -0.39 is 10.0 Å². The Bertz CT molecular complexity index is 508. The van der Waals surface area contributed by atoms with E-state index in [0.29, 0.717) is 5.75 Å². The predicted octanol–water partition coefficient (Wildman–Crippen LogP) is 1.82. The second-order valence-electron chi connectivity index (χ2n) is 4.63. The van der Waals surface area contributed by atoms with Crippen LogP contribution in [0.1, 0.15) is 25.7 Å². The molecule has 20 heavy (non-hydrogen) atoms. The fourth-order valence-corrected chi connectivity index (χ4v) is 2.88. The smallest absolute Gasteiger partial charge is 0.262 e. The van der Waals surface area contributed by atoms with Crippen LogP contribution in [0.5, 0.6) is 5.75 Å². The van der Waals surface area contributed by atoms with Gasteiger partial charge in [0.15, 0.2) is 6.79 Å². The van der Waals surface area contributed by atoms with Gasteiger partial charge in [0, 0.05) is 7.11 Å². The van der Waals surface area contributed by atoms with Gasteiger partial charge < -0.3 is 9.47 Å². The molecule has 0 saturated heterocycles. The topological polar surface area (TPSA) is 73.9 Å². The lowest BCUT2D eigenvalue weighted by atomic mass is 10.3. The quantitative estimate of drug-likeness (QED) is 0.614. The first-order chi connectivity index (χ1) is 9.62. The van der Waals surface area contributed by atoms with E-state index in [1.807, 2.05) is 0 Å². The standard InChI is InChI=1S/C13H19NO5S/c1-17-10-18-11-6-8-13(9-7-11)20(15,16)14-19-12-4-2-3-5-12/h6-9,12,14H,2-5,10H2,1H3. The van der Waals surface area contributed by atoms with Gasteiger partial charge in [-0.1, -0.05) is 17.7 Å². The van der Waals surface area contributed by atoms with Gasteiger partial charge in [0.1, 0.15) is 5.75 Å². The Balaban J connectivity index is 1.94. The molecule has 1 aromatic rings. The highest BCUT2D eigenvalue weighted by Gasteiger charge is 2.20. The summed E-state index contributed by atoms with van der Waals surface area (Å²) < 4.78 is 34.0. The van der Waals surface area contributed by atoms with E-state index in [1.54, 1.807) is 12.1 Å². The van der Waals surface area contributed by atoms with Gasteiger partial charge >= 0.3 is 0 Å². The lowest BCUT2D eigenvalue weighted by Gasteiger charge is -2.12. The van der Waals surface area contributed by atoms with Crippen LogP contribution >= 0.6 is 0 Å². The molecule has 1 saturated carbocycles. The molecule has 1 aromatic carbocycles. The maximum atomic E-state index is 12.0. The van der Waals surface area contributed by atoms with Crippen molar-refractivity contribution in [3.63, 3.8) is 0 Å². The number of ether oxygens (including phenoxy) is 2. The Morgan fingerprint density at radius 1 is 1.20 bits per heavy atom. The Labute approximate surface area is 119 Å². The molecule has 0 atom stereocenters. The molecule has 1 fully saturated rings. The third-order valence-electron chi connectivity index (χ3n) is 3.10. The number of nitrogens with one attached hydrogen (secondary N) is 1. The van der Waals surface area contributed by atoms with Crippen LogP contribution in [0.15, 0.2) is 29.2 Å². The number of methoxy groups -OCH3 is 1. The highest BCUT2D eigenvalue weighted by molar-refractivity contribution is 7.89. The van der Waals surface area contributed by atoms with Crippen LogP contribution in [0.4, 0.5) is 0 Å². The van der Waals surface area contributed by atoms with Crippen molar-refractivity contribution in [3.05, 3.63) is 24.3 Å². The van der Waals surface area contributed by atoms with E-state index in [2.05, 4.69) is 4.89 Å². The number of rotatable bonds is 7. The van der Waals surface area contributed by atoms with E-state index in [1.165, 1.54) is 19.2 Å². The molecule has 1 aliphatic rings. The zero-order valence-corrected chi connectivity index (χ0v) is 12.2. The summed E-state index contributed by atoms with van der Waals surface area (Å²) >= 11 is 0. The van der Waals surface area contributed by atoms with Gasteiger partial charge in [0.05, 0.1) is 11.0 Å². The average Bonchev–Trinajstić information content (AvgIpc) is 2.97. The number of benzene rings is 1. The second kappa shape index (κ2) is 7.03. The predicted molar refractivity (Wildman–Crippen MR) is 72.6 cm³/mol. The van der Waals surface area contributed by atoms with Crippen molar-refractivity contribution < 1.29 is 22.7 Å². The van der Waals surface area contributed by atoms with Crippen LogP contribution in [0.3, 0.4) is 0 Å². The molecule has 1 aliphatic carbocycles. The number of sulfonamides is 1. The first-order valence-electron chi connectivity index (χ1n) is 6.51. The van der Waals surface area contributed by atoms with Crippen LogP contribution in [-0.2, 0) is 19.6 Å². The molecule has 0 aliphatic heterocycles. The molecular weight excluding hydrogens is 282 g/mol. The molecule has 7 heteroatoms. The Morgan fingerprint density at radius 3 is 2.45 bits per heavy atom. The normalized spacial score (nSPS) is 16.4. The second-order valence-corrected chi connectivity index (χ2v) is 6.28. The molecular formula is C13H19NO5S. The molecule has 0 amide bonds. The summed E-state index contributed by atoms with van der Waals surface area (Å²) in [6, 6.07) is 6.07. The average molecular weight is 301 g/mol. The first kappa shape index (κ1) is 15.2. The molecule has 112 valence electrons. The van der Waals surface area contributed by atoms with E-state index >= 15 is 0 Å². The van der Waals surface area contributed by atoms with Crippen LogP contribution in [0, 0.1) is 0 Å². The third-order valence-corrected chi connectivity index (χ3v) is 4.31. The van der Waals surface area contributed by atoms with Crippen molar-refractivity contribution in [3.8, 4) is 5.75 Å². The fourth-order valence-electron chi connectivity index (χ4n) is 2.03. The monoisotopic (exact) mass is 301 g/mol. The molecule has 0 heterocycles. The van der Waals surface area contributed by atoms with Gasteiger partial charge in [-0.2, -0.15) is 0 Å². The molecule has 6 nitrogen and oxygen atoms in total. The maximum Gasteiger partial charge on any atom is 0.262 e. The minimum atomic E-state index is -3.64. The molecule has 0 radical (unpaired) electrons. The lowest BCUT2D eigenvalue weighted by molar-refractivity contribution is 0.0223. The van der Waals surface area contributed by atoms with Crippen molar-refractivity contribution in [2.45, 2.75) is 36.7 Å². The van der Waals surface area contributed by atoms with Gasteiger partial charge in [0.25, 0.3) is 10.0 Å². The van der Waals surface area contributed by atoms with Gasteiger partial charge in [-0.15, -0.1) is 0 Å². The van der Waals surface area contributed by atoms with Gasteiger partial charge in [-0.25, -0.2) is 8.42 Å². The minimum Gasteiger partial charge on any atom is -0.468 e. The summed E-state index contributed by atoms with van der Waals surface area (Å²) in [5.41, 5.74) is 0. The van der Waals surface area contributed by atoms with Crippen molar-refractivity contribution in [1.82, 2.24) is 4.89 Å². The van der Waals surface area contributed by atoms with E-state index in [9.17, 15) is 8.42 Å². The van der Waals surface area contributed by atoms with Crippen molar-refractivity contribution >= 4 is 10.0 Å². The van der Waals surface area contributed by atoms with Gasteiger partial charge in [0.2, 0.25) is 0 Å². The summed E-state index contributed by atoms with van der Waals surface area (Å²) in [4.78, 5) is 7.55. The molecule has 0 unspecified atom stereocenters. The number of hydrogen-bond donors (Lipinski definition) is 1. The fraction of sp³-hybridized carbons (Fsp3) is 0.538. The summed E-state index contributed by atoms with van der Waals surface area (Å²) in [5, 5.41) is 0. The summed E-state index contributed by atoms with van der Waals surface area (Å²) in [6.07, 6.45) is 3.93. The number of hydrogen-bond acceptors (Lipinski definition) is 5. The van der Waals surface area contributed by atoms with E-state index in [-0.39, 0.29) is 17.8 Å². The van der Waals surface area contributed by atoms with Crippen molar-refractivity contribution in [2.75, 3.05) is 13.9 Å². The van der Waals surface area contributed by atoms with Crippen LogP contribution in [0.2, 0.25) is 0 Å². The largest absolute Gasteiger partial charge is 0.468 e. The van der Waals surface area contributed by atoms with Crippen molar-refractivity contribution in [2.24, 2.45) is 0 Å². The zero-order chi connectivity index (χ0) is 14.4. The highest BCUT2D eigenvalue weighted by atomic mass is 32.2. The maximum absolute atomic E-state index is 12.0. The minimum absolute atomic E-state index is 0.0194. The van der Waals surface area contributed by atoms with Crippen LogP contribution < -0.4 is 9.62 Å². The molecule has 1 N–H and O–H groups in total. The van der Waals surface area contributed by atoms with E-state index in [4.69, 9.17) is 14.3 Å². The zero-order valence-electron chi connectivity index (χ0n) is 11.4. The van der Waals surface area contributed by atoms with Crippen LogP contribution in [0.25, 0.3) is 0 Å². The first-order valence-corrected chi connectivity index (χ1v) is 7.99.